The normalized spacial score (nSPS) is 9.05. The molecule has 0 atom stereocenters. The van der Waals surface area contributed by atoms with Gasteiger partial charge in [-0.2, -0.15) is 15.0 Å². The van der Waals surface area contributed by atoms with E-state index in [0.717, 1.165) is 0 Å². The summed E-state index contributed by atoms with van der Waals surface area (Å²) in [5.74, 6) is -0.346. The van der Waals surface area contributed by atoms with E-state index in [-0.39, 0.29) is 134 Å². The summed E-state index contributed by atoms with van der Waals surface area (Å²) in [5.41, 5.74) is 0. The molecule has 0 spiro atoms. The minimum Gasteiger partial charge on any atom is -0.550 e. The van der Waals surface area contributed by atoms with E-state index >= 15 is 0 Å². The van der Waals surface area contributed by atoms with E-state index in [9.17, 15) is 9.90 Å². The molecule has 21 heavy (non-hydrogen) atoms. The molecule has 0 aliphatic rings. The molecule has 0 radical (unpaired) electrons. The molecule has 1 rings (SSSR count). The van der Waals surface area contributed by atoms with Crippen LogP contribution in [-0.2, 0) is 4.79 Å². The number of nitrogens with one attached hydrogen (secondary N) is 3. The molecule has 0 saturated heterocycles. The summed E-state index contributed by atoms with van der Waals surface area (Å²) in [4.78, 5) is 22.4. The van der Waals surface area contributed by atoms with Crippen LogP contribution in [0.5, 0.6) is 0 Å². The van der Waals surface area contributed by atoms with Gasteiger partial charge in [0.05, 0.1) is 6.61 Å². The van der Waals surface area contributed by atoms with E-state index in [4.69, 9.17) is 5.11 Å². The Labute approximate surface area is 208 Å². The van der Waals surface area contributed by atoms with E-state index in [1.165, 1.54) is 0 Å². The zero-order chi connectivity index (χ0) is 14.1. The van der Waals surface area contributed by atoms with Gasteiger partial charge in [-0.3, -0.25) is 0 Å². The average Bonchev–Trinajstić information content (AvgIpc) is 2.36. The molecule has 0 aliphatic carbocycles. The van der Waals surface area contributed by atoms with Gasteiger partial charge < -0.3 is 37.9 Å². The van der Waals surface area contributed by atoms with Crippen LogP contribution >= 0.6 is 0 Å². The van der Waals surface area contributed by atoms with Crippen molar-refractivity contribution in [3.05, 3.63) is 6.92 Å². The van der Waals surface area contributed by atoms with Crippen molar-refractivity contribution in [1.82, 2.24) is 15.0 Å². The van der Waals surface area contributed by atoms with Gasteiger partial charge in [0.25, 0.3) is 0 Å². The number of anilines is 3. The zero-order valence-corrected chi connectivity index (χ0v) is 18.6. The first-order valence-corrected chi connectivity index (χ1v) is 5.73. The second kappa shape index (κ2) is 14.7. The number of carbonyl (C=O) groups is 1. The van der Waals surface area contributed by atoms with Gasteiger partial charge in [-0.05, 0) is 0 Å². The molecule has 0 amide bonds. The molecule has 0 saturated carbocycles. The summed E-state index contributed by atoms with van der Waals surface area (Å²) in [5, 5.41) is 27.4. The number of aliphatic carboxylic acids is 1. The van der Waals surface area contributed by atoms with Crippen molar-refractivity contribution in [3.63, 3.8) is 0 Å². The van der Waals surface area contributed by atoms with Crippen molar-refractivity contribution < 1.29 is 118 Å². The smallest absolute Gasteiger partial charge is 0.550 e. The van der Waals surface area contributed by atoms with Crippen LogP contribution in [0.2, 0.25) is 0 Å². The Balaban J connectivity index is 0. The summed E-state index contributed by atoms with van der Waals surface area (Å²) in [6.07, 6.45) is -0.150. The maximum Gasteiger partial charge on any atom is 1.00 e. The minimum absolute atomic E-state index is 0. The maximum absolute atomic E-state index is 10.3. The Morgan fingerprint density at radius 2 is 1.52 bits per heavy atom. The third-order valence-electron chi connectivity index (χ3n) is 1.93. The second-order valence-corrected chi connectivity index (χ2v) is 3.43. The molecule has 1 heterocycles. The van der Waals surface area contributed by atoms with Crippen LogP contribution in [0.1, 0.15) is 6.42 Å². The Morgan fingerprint density at radius 3 is 1.95 bits per heavy atom. The van der Waals surface area contributed by atoms with Crippen LogP contribution < -0.4 is 124 Å². The van der Waals surface area contributed by atoms with Gasteiger partial charge in [-0.25, -0.2) is 0 Å². The topological polar surface area (TPSA) is 135 Å². The number of nitrogens with zero attached hydrogens (tertiary/aromatic N) is 3. The monoisotopic (exact) mass is 346 g/mol. The molecular formula is C10H16K2N6O3. The molecule has 106 valence electrons. The SMILES string of the molecule is [CH2-]CNc1nc(NCCO)nc(NCCC(=O)[O-])n1.[K+].[K+]. The molecule has 0 unspecified atom stereocenters. The largest absolute Gasteiger partial charge is 1.00 e. The quantitative estimate of drug-likeness (QED) is 0.254. The fourth-order valence-corrected chi connectivity index (χ4v) is 1.17. The number of carbonyl (C=O) groups excluding carboxylic acids is 1. The Morgan fingerprint density at radius 1 is 1.05 bits per heavy atom. The fourth-order valence-electron chi connectivity index (χ4n) is 1.17. The molecule has 4 N–H and O–H groups in total. The Kier molecular flexibility index (Phi) is 17.0. The van der Waals surface area contributed by atoms with Gasteiger partial charge >= 0.3 is 103 Å². The van der Waals surface area contributed by atoms with E-state index in [0.29, 0.717) is 19.0 Å². The molecule has 0 fully saturated rings. The van der Waals surface area contributed by atoms with Crippen molar-refractivity contribution in [2.45, 2.75) is 6.42 Å². The first-order valence-electron chi connectivity index (χ1n) is 5.73. The van der Waals surface area contributed by atoms with Crippen molar-refractivity contribution >= 4 is 23.8 Å². The number of aliphatic hydroxyl groups excluding tert-OH is 1. The molecule has 1 aromatic heterocycles. The molecular weight excluding hydrogens is 330 g/mol. The van der Waals surface area contributed by atoms with Crippen LogP contribution in [0.15, 0.2) is 0 Å². The third-order valence-corrected chi connectivity index (χ3v) is 1.93. The summed E-state index contributed by atoms with van der Waals surface area (Å²) in [6, 6.07) is 0. The van der Waals surface area contributed by atoms with Crippen LogP contribution in [0.3, 0.4) is 0 Å². The third kappa shape index (κ3) is 11.3. The van der Waals surface area contributed by atoms with Gasteiger partial charge in [0.15, 0.2) is 0 Å². The van der Waals surface area contributed by atoms with E-state index in [2.05, 4.69) is 37.8 Å². The molecule has 0 aromatic carbocycles. The summed E-state index contributed by atoms with van der Waals surface area (Å²) in [7, 11) is 0. The maximum atomic E-state index is 10.3. The van der Waals surface area contributed by atoms with Crippen molar-refractivity contribution in [2.75, 3.05) is 42.2 Å². The number of hydrogen-bond acceptors (Lipinski definition) is 9. The number of aromatic nitrogens is 3. The predicted molar refractivity (Wildman–Crippen MR) is 67.4 cm³/mol. The number of carboxylic acids is 1. The van der Waals surface area contributed by atoms with Crippen LogP contribution in [0.4, 0.5) is 17.8 Å². The Bertz CT molecular complexity index is 424. The van der Waals surface area contributed by atoms with E-state index < -0.39 is 5.97 Å². The standard InChI is InChI=1S/C10H17N6O3.2K/c1-2-11-8-14-9(12-4-3-7(18)19)16-10(15-8)13-5-6-17;;/h17H,1-6H2,(H,18,19)(H3,11,12,13,14,15,16);;/q-1;2*+1/p-1. The number of aliphatic hydroxyl groups is 1. The van der Waals surface area contributed by atoms with Crippen LogP contribution in [-0.4, -0.2) is 52.3 Å². The number of carboxylic acid groups (broad SMARTS) is 1. The fraction of sp³-hybridized carbons (Fsp3) is 0.500. The van der Waals surface area contributed by atoms with Gasteiger partial charge in [-0.15, -0.1) is 6.54 Å². The first-order chi connectivity index (χ1) is 9.15. The molecule has 11 heteroatoms. The van der Waals surface area contributed by atoms with E-state index in [1.54, 1.807) is 0 Å². The van der Waals surface area contributed by atoms with E-state index in [1.807, 2.05) is 0 Å². The minimum atomic E-state index is -1.16. The van der Waals surface area contributed by atoms with Crippen molar-refractivity contribution in [3.8, 4) is 0 Å². The predicted octanol–water partition coefficient (Wildman–Crippen LogP) is -7.92. The van der Waals surface area contributed by atoms with Gasteiger partial charge in [0.2, 0.25) is 17.8 Å². The van der Waals surface area contributed by atoms with Gasteiger partial charge in [0, 0.05) is 25.5 Å². The summed E-state index contributed by atoms with van der Waals surface area (Å²) in [6.45, 7) is 4.39. The average molecular weight is 346 g/mol. The molecule has 0 bridgehead atoms. The molecule has 9 nitrogen and oxygen atoms in total. The van der Waals surface area contributed by atoms with Gasteiger partial charge in [-0.1, -0.05) is 0 Å². The number of rotatable bonds is 9. The molecule has 1 aromatic rings. The Hall–Kier alpha value is 1.11. The van der Waals surface area contributed by atoms with Crippen LogP contribution in [0.25, 0.3) is 0 Å². The van der Waals surface area contributed by atoms with Crippen molar-refractivity contribution in [2.24, 2.45) is 0 Å². The summed E-state index contributed by atoms with van der Waals surface area (Å²) >= 11 is 0. The van der Waals surface area contributed by atoms with Gasteiger partial charge in [0.1, 0.15) is 0 Å². The van der Waals surface area contributed by atoms with Crippen molar-refractivity contribution in [1.29, 1.82) is 0 Å². The van der Waals surface area contributed by atoms with Crippen LogP contribution in [0, 0.1) is 6.92 Å². The number of hydrogen-bond donors (Lipinski definition) is 4. The molecule has 0 aliphatic heterocycles. The second-order valence-electron chi connectivity index (χ2n) is 3.43. The zero-order valence-electron chi connectivity index (χ0n) is 12.3. The summed E-state index contributed by atoms with van der Waals surface area (Å²) < 4.78 is 0. The first kappa shape index (κ1) is 24.4.